The van der Waals surface area contributed by atoms with Gasteiger partial charge in [-0.15, -0.1) is 0 Å². The quantitative estimate of drug-likeness (QED) is 0.489. The van der Waals surface area contributed by atoms with Gasteiger partial charge in [-0.2, -0.15) is 0 Å². The minimum Gasteiger partial charge on any atom is -0.379 e. The molecule has 0 spiro atoms. The molecule has 1 aliphatic rings. The molecule has 0 unspecified atom stereocenters. The zero-order chi connectivity index (χ0) is 19.5. The van der Waals surface area contributed by atoms with Gasteiger partial charge in [0.05, 0.1) is 29.8 Å². The average Bonchev–Trinajstić information content (AvgIpc) is 2.72. The first-order valence-corrected chi connectivity index (χ1v) is 10.6. The van der Waals surface area contributed by atoms with Crippen molar-refractivity contribution >= 4 is 22.7 Å². The highest BCUT2D eigenvalue weighted by Gasteiger charge is 2.16. The first kappa shape index (κ1) is 19.2. The zero-order valence-corrected chi connectivity index (χ0v) is 17.2. The summed E-state index contributed by atoms with van der Waals surface area (Å²) in [4.78, 5) is 20.6. The van der Waals surface area contributed by atoms with E-state index in [1.807, 2.05) is 36.4 Å². The summed E-state index contributed by atoms with van der Waals surface area (Å²) < 4.78 is 7.21. The second-order valence-corrected chi connectivity index (χ2v) is 8.14. The zero-order valence-electron chi connectivity index (χ0n) is 16.4. The van der Waals surface area contributed by atoms with Gasteiger partial charge in [0.2, 0.25) is 0 Å². The lowest BCUT2D eigenvalue weighted by atomic mass is 10.1. The number of hydrogen-bond acceptors (Lipinski definition) is 5. The van der Waals surface area contributed by atoms with E-state index >= 15 is 0 Å². The minimum atomic E-state index is -0.00632. The number of morpholine rings is 1. The van der Waals surface area contributed by atoms with Crippen molar-refractivity contribution in [3.05, 3.63) is 63.9 Å². The normalized spacial score (nSPS) is 15.2. The fourth-order valence-corrected chi connectivity index (χ4v) is 4.50. The summed E-state index contributed by atoms with van der Waals surface area (Å²) in [6.07, 6.45) is 0. The maximum absolute atomic E-state index is 13.4. The number of aryl methyl sites for hydroxylation is 1. The summed E-state index contributed by atoms with van der Waals surface area (Å²) in [5.41, 5.74) is 3.94. The lowest BCUT2D eigenvalue weighted by Gasteiger charge is -2.26. The molecule has 3 aromatic rings. The van der Waals surface area contributed by atoms with E-state index < -0.39 is 0 Å². The topological polar surface area (TPSA) is 47.4 Å². The molecule has 5 nitrogen and oxygen atoms in total. The highest BCUT2D eigenvalue weighted by molar-refractivity contribution is 7.99. The molecule has 1 saturated heterocycles. The lowest BCUT2D eigenvalue weighted by Crippen LogP contribution is -2.37. The molecule has 1 aromatic heterocycles. The van der Waals surface area contributed by atoms with Gasteiger partial charge in [0.15, 0.2) is 5.16 Å². The highest BCUT2D eigenvalue weighted by atomic mass is 32.2. The van der Waals surface area contributed by atoms with Crippen LogP contribution >= 0.6 is 11.8 Å². The van der Waals surface area contributed by atoms with E-state index in [2.05, 4.69) is 24.8 Å². The van der Waals surface area contributed by atoms with E-state index in [-0.39, 0.29) is 5.56 Å². The van der Waals surface area contributed by atoms with Gasteiger partial charge in [0, 0.05) is 25.4 Å². The number of nitrogens with zero attached hydrogens (tertiary/aromatic N) is 3. The summed E-state index contributed by atoms with van der Waals surface area (Å²) in [5.74, 6) is 0.885. The smallest absolute Gasteiger partial charge is 0.266 e. The average molecular weight is 396 g/mol. The predicted octanol–water partition coefficient (Wildman–Crippen LogP) is 3.43. The highest BCUT2D eigenvalue weighted by Crippen LogP contribution is 2.24. The molecule has 2 heterocycles. The van der Waals surface area contributed by atoms with Gasteiger partial charge in [-0.1, -0.05) is 36.0 Å². The van der Waals surface area contributed by atoms with Gasteiger partial charge in [0.1, 0.15) is 0 Å². The van der Waals surface area contributed by atoms with Crippen molar-refractivity contribution in [1.29, 1.82) is 0 Å². The first-order chi connectivity index (χ1) is 13.6. The second-order valence-electron chi connectivity index (χ2n) is 7.07. The molecule has 0 N–H and O–H groups in total. The van der Waals surface area contributed by atoms with Crippen molar-refractivity contribution < 1.29 is 4.74 Å². The number of ether oxygens (including phenoxy) is 1. The molecule has 6 heteroatoms. The molecular formula is C22H25N3O2S. The standard InChI is InChI=1S/C22H25N3O2S/c1-16-6-5-9-20(17(16)2)25-21(26)18-7-3-4-8-19(18)23-22(25)28-15-12-24-10-13-27-14-11-24/h3-9H,10-15H2,1-2H3. The number of aromatic nitrogens is 2. The lowest BCUT2D eigenvalue weighted by molar-refractivity contribution is 0.0410. The Kier molecular flexibility index (Phi) is 5.80. The van der Waals surface area contributed by atoms with Gasteiger partial charge >= 0.3 is 0 Å². The Labute approximate surface area is 169 Å². The summed E-state index contributed by atoms with van der Waals surface area (Å²) in [6.45, 7) is 8.63. The monoisotopic (exact) mass is 395 g/mol. The molecule has 4 rings (SSSR count). The van der Waals surface area contributed by atoms with Gasteiger partial charge in [-0.3, -0.25) is 14.3 Å². The maximum atomic E-state index is 13.4. The molecular weight excluding hydrogens is 370 g/mol. The summed E-state index contributed by atoms with van der Waals surface area (Å²) in [6, 6.07) is 13.7. The fourth-order valence-electron chi connectivity index (χ4n) is 3.49. The van der Waals surface area contributed by atoms with Crippen LogP contribution in [0.1, 0.15) is 11.1 Å². The molecule has 146 valence electrons. The van der Waals surface area contributed by atoms with Crippen LogP contribution in [0.15, 0.2) is 52.4 Å². The van der Waals surface area contributed by atoms with Crippen LogP contribution in [0.4, 0.5) is 0 Å². The number of rotatable bonds is 5. The van der Waals surface area contributed by atoms with Gasteiger partial charge in [-0.25, -0.2) is 4.98 Å². The third-order valence-electron chi connectivity index (χ3n) is 5.30. The Balaban J connectivity index is 1.73. The van der Waals surface area contributed by atoms with E-state index in [0.717, 1.165) is 60.5 Å². The van der Waals surface area contributed by atoms with E-state index in [1.165, 1.54) is 5.56 Å². The van der Waals surface area contributed by atoms with Crippen LogP contribution in [-0.4, -0.2) is 53.1 Å². The number of fused-ring (bicyclic) bond motifs is 1. The summed E-state index contributed by atoms with van der Waals surface area (Å²) in [7, 11) is 0. The van der Waals surface area contributed by atoms with Crippen molar-refractivity contribution in [2.75, 3.05) is 38.6 Å². The van der Waals surface area contributed by atoms with Crippen LogP contribution < -0.4 is 5.56 Å². The summed E-state index contributed by atoms with van der Waals surface area (Å²) >= 11 is 1.65. The number of benzene rings is 2. The summed E-state index contributed by atoms with van der Waals surface area (Å²) in [5, 5.41) is 1.41. The van der Waals surface area contributed by atoms with Gasteiger partial charge in [0.25, 0.3) is 5.56 Å². The molecule has 1 aliphatic heterocycles. The Morgan fingerprint density at radius 2 is 1.86 bits per heavy atom. The van der Waals surface area contributed by atoms with Crippen LogP contribution in [0, 0.1) is 13.8 Å². The molecule has 1 fully saturated rings. The molecule has 2 aromatic carbocycles. The number of thioether (sulfide) groups is 1. The van der Waals surface area contributed by atoms with Crippen LogP contribution in [0.3, 0.4) is 0 Å². The second kappa shape index (κ2) is 8.47. The van der Waals surface area contributed by atoms with Crippen molar-refractivity contribution in [2.24, 2.45) is 0 Å². The Morgan fingerprint density at radius 1 is 1.07 bits per heavy atom. The van der Waals surface area contributed by atoms with Crippen molar-refractivity contribution in [1.82, 2.24) is 14.5 Å². The molecule has 0 saturated carbocycles. The van der Waals surface area contributed by atoms with E-state index in [1.54, 1.807) is 16.3 Å². The Bertz CT molecular complexity index is 1040. The van der Waals surface area contributed by atoms with Crippen LogP contribution in [-0.2, 0) is 4.74 Å². The molecule has 28 heavy (non-hydrogen) atoms. The Hall–Kier alpha value is -2.15. The SMILES string of the molecule is Cc1cccc(-n2c(SCCN3CCOCC3)nc3ccccc3c2=O)c1C. The largest absolute Gasteiger partial charge is 0.379 e. The minimum absolute atomic E-state index is 0.00632. The van der Waals surface area contributed by atoms with E-state index in [9.17, 15) is 4.79 Å². The van der Waals surface area contributed by atoms with Gasteiger partial charge < -0.3 is 4.74 Å². The maximum Gasteiger partial charge on any atom is 0.266 e. The van der Waals surface area contributed by atoms with E-state index in [0.29, 0.717) is 5.39 Å². The van der Waals surface area contributed by atoms with Crippen LogP contribution in [0.2, 0.25) is 0 Å². The third kappa shape index (κ3) is 3.85. The number of para-hydroxylation sites is 1. The third-order valence-corrected chi connectivity index (χ3v) is 6.22. The fraction of sp³-hybridized carbons (Fsp3) is 0.364. The predicted molar refractivity (Wildman–Crippen MR) is 115 cm³/mol. The molecule has 0 amide bonds. The number of hydrogen-bond donors (Lipinski definition) is 0. The molecule has 0 radical (unpaired) electrons. The van der Waals surface area contributed by atoms with E-state index in [4.69, 9.17) is 9.72 Å². The van der Waals surface area contributed by atoms with Crippen molar-refractivity contribution in [3.8, 4) is 5.69 Å². The molecule has 0 aliphatic carbocycles. The Morgan fingerprint density at radius 3 is 2.68 bits per heavy atom. The molecule has 0 atom stereocenters. The van der Waals surface area contributed by atoms with Crippen molar-refractivity contribution in [3.63, 3.8) is 0 Å². The first-order valence-electron chi connectivity index (χ1n) is 9.66. The van der Waals surface area contributed by atoms with Crippen LogP contribution in [0.5, 0.6) is 0 Å². The molecule has 0 bridgehead atoms. The van der Waals surface area contributed by atoms with Crippen molar-refractivity contribution in [2.45, 2.75) is 19.0 Å². The van der Waals surface area contributed by atoms with Crippen LogP contribution in [0.25, 0.3) is 16.6 Å². The van der Waals surface area contributed by atoms with Gasteiger partial charge in [-0.05, 0) is 43.2 Å².